The van der Waals surface area contributed by atoms with Crippen molar-refractivity contribution >= 4 is 29.2 Å². The first-order chi connectivity index (χ1) is 12.6. The standard InChI is InChI=1S/C17H10ClF5N2O2/c1-7-16(26)25(9-4-2-8(18)3-5-9)17(27)24(7)6-10-11(19)13(21)15(23)14(22)12(10)20/h2-5,7H,6H2,1H3/t7-/m0/s1. The molecule has 3 amide bonds. The second-order valence-corrected chi connectivity index (χ2v) is 6.22. The number of hydrogen-bond donors (Lipinski definition) is 0. The van der Waals surface area contributed by atoms with E-state index in [0.29, 0.717) is 5.02 Å². The van der Waals surface area contributed by atoms with E-state index in [1.54, 1.807) is 0 Å². The van der Waals surface area contributed by atoms with Gasteiger partial charge in [-0.3, -0.25) is 4.79 Å². The Bertz CT molecular complexity index is 922. The van der Waals surface area contributed by atoms with Gasteiger partial charge in [0.15, 0.2) is 23.3 Å². The van der Waals surface area contributed by atoms with E-state index in [2.05, 4.69) is 0 Å². The Kier molecular flexibility index (Phi) is 4.81. The molecule has 1 aliphatic rings. The van der Waals surface area contributed by atoms with Crippen LogP contribution in [-0.2, 0) is 11.3 Å². The summed E-state index contributed by atoms with van der Waals surface area (Å²) >= 11 is 5.75. The number of imide groups is 1. The first kappa shape index (κ1) is 19.1. The number of carbonyl (C=O) groups excluding carboxylic acids is 2. The molecule has 1 saturated heterocycles. The third kappa shape index (κ3) is 3.01. The zero-order valence-corrected chi connectivity index (χ0v) is 14.3. The van der Waals surface area contributed by atoms with Crippen LogP contribution in [-0.4, -0.2) is 22.9 Å². The van der Waals surface area contributed by atoms with E-state index in [-0.39, 0.29) is 5.69 Å². The molecule has 0 unspecified atom stereocenters. The van der Waals surface area contributed by atoms with Gasteiger partial charge in [0, 0.05) is 10.6 Å². The molecule has 1 heterocycles. The van der Waals surface area contributed by atoms with Gasteiger partial charge in [0.2, 0.25) is 5.82 Å². The van der Waals surface area contributed by atoms with Gasteiger partial charge in [-0.15, -0.1) is 0 Å². The minimum atomic E-state index is -2.30. The smallest absolute Gasteiger partial charge is 0.308 e. The van der Waals surface area contributed by atoms with Crippen molar-refractivity contribution in [1.29, 1.82) is 0 Å². The number of benzene rings is 2. The average molecular weight is 405 g/mol. The maximum Gasteiger partial charge on any atom is 0.332 e. The summed E-state index contributed by atoms with van der Waals surface area (Å²) in [6, 6.07) is 3.48. The van der Waals surface area contributed by atoms with Gasteiger partial charge < -0.3 is 4.90 Å². The SMILES string of the molecule is C[C@H]1C(=O)N(c2ccc(Cl)cc2)C(=O)N1Cc1c(F)c(F)c(F)c(F)c1F. The quantitative estimate of drug-likeness (QED) is 0.329. The molecule has 142 valence electrons. The van der Waals surface area contributed by atoms with E-state index in [9.17, 15) is 31.5 Å². The van der Waals surface area contributed by atoms with Gasteiger partial charge in [0.05, 0.1) is 12.2 Å². The Hall–Kier alpha value is -2.68. The van der Waals surface area contributed by atoms with Gasteiger partial charge in [-0.25, -0.2) is 31.6 Å². The molecule has 0 bridgehead atoms. The first-order valence-corrected chi connectivity index (χ1v) is 7.93. The molecule has 4 nitrogen and oxygen atoms in total. The molecule has 27 heavy (non-hydrogen) atoms. The summed E-state index contributed by atoms with van der Waals surface area (Å²) in [6.07, 6.45) is 0. The molecular formula is C17H10ClF5N2O2. The molecule has 2 aromatic carbocycles. The molecule has 1 atom stereocenters. The van der Waals surface area contributed by atoms with Crippen LogP contribution >= 0.6 is 11.6 Å². The molecule has 10 heteroatoms. The molecule has 1 fully saturated rings. The van der Waals surface area contributed by atoms with E-state index in [4.69, 9.17) is 11.6 Å². The maximum absolute atomic E-state index is 13.9. The molecule has 0 spiro atoms. The third-order valence-electron chi connectivity index (χ3n) is 4.20. The largest absolute Gasteiger partial charge is 0.332 e. The number of hydrogen-bond acceptors (Lipinski definition) is 2. The molecule has 0 N–H and O–H groups in total. The molecule has 1 aliphatic heterocycles. The summed E-state index contributed by atoms with van der Waals surface area (Å²) in [6.45, 7) is 0.309. The number of halogens is 6. The predicted octanol–water partition coefficient (Wildman–Crippen LogP) is 4.39. The van der Waals surface area contributed by atoms with Crippen LogP contribution in [0.4, 0.5) is 32.4 Å². The number of carbonyl (C=O) groups is 2. The second kappa shape index (κ2) is 6.80. The zero-order valence-electron chi connectivity index (χ0n) is 13.6. The molecular weight excluding hydrogens is 395 g/mol. The third-order valence-corrected chi connectivity index (χ3v) is 4.45. The van der Waals surface area contributed by atoms with Crippen LogP contribution in [0.15, 0.2) is 24.3 Å². The van der Waals surface area contributed by atoms with Crippen LogP contribution in [0.2, 0.25) is 5.02 Å². The van der Waals surface area contributed by atoms with Gasteiger partial charge in [-0.05, 0) is 31.2 Å². The van der Waals surface area contributed by atoms with Gasteiger partial charge >= 0.3 is 6.03 Å². The van der Waals surface area contributed by atoms with Crippen molar-refractivity contribution in [2.24, 2.45) is 0 Å². The maximum atomic E-state index is 13.9. The van der Waals surface area contributed by atoms with Crippen molar-refractivity contribution in [1.82, 2.24) is 4.90 Å². The summed E-state index contributed by atoms with van der Waals surface area (Å²) in [5.74, 6) is -11.4. The lowest BCUT2D eigenvalue weighted by molar-refractivity contribution is -0.119. The van der Waals surface area contributed by atoms with Crippen molar-refractivity contribution in [2.45, 2.75) is 19.5 Å². The second-order valence-electron chi connectivity index (χ2n) is 5.78. The minimum Gasteiger partial charge on any atom is -0.308 e. The van der Waals surface area contributed by atoms with Gasteiger partial charge in [-0.2, -0.15) is 0 Å². The van der Waals surface area contributed by atoms with Crippen LogP contribution < -0.4 is 4.90 Å². The van der Waals surface area contributed by atoms with Crippen molar-refractivity contribution in [3.05, 3.63) is 63.9 Å². The van der Waals surface area contributed by atoms with Crippen LogP contribution in [0.1, 0.15) is 12.5 Å². The highest BCUT2D eigenvalue weighted by Crippen LogP contribution is 2.30. The zero-order chi connectivity index (χ0) is 20.0. The fourth-order valence-corrected chi connectivity index (χ4v) is 2.83. The molecule has 0 aromatic heterocycles. The number of amides is 3. The summed E-state index contributed by atoms with van der Waals surface area (Å²) < 4.78 is 67.7. The Morgan fingerprint density at radius 2 is 1.37 bits per heavy atom. The molecule has 0 radical (unpaired) electrons. The molecule has 0 saturated carbocycles. The fraction of sp³-hybridized carbons (Fsp3) is 0.176. The summed E-state index contributed by atoms with van der Waals surface area (Å²) in [5.41, 5.74) is -1.04. The highest BCUT2D eigenvalue weighted by molar-refractivity contribution is 6.30. The lowest BCUT2D eigenvalue weighted by atomic mass is 10.1. The molecule has 0 aliphatic carbocycles. The van der Waals surface area contributed by atoms with Crippen LogP contribution in [0.3, 0.4) is 0 Å². The lowest BCUT2D eigenvalue weighted by Crippen LogP contribution is -2.34. The predicted molar refractivity (Wildman–Crippen MR) is 85.6 cm³/mol. The number of anilines is 1. The normalized spacial score (nSPS) is 17.2. The molecule has 2 aromatic rings. The summed E-state index contributed by atoms with van der Waals surface area (Å²) in [7, 11) is 0. The number of nitrogens with zero attached hydrogens (tertiary/aromatic N) is 2. The van der Waals surface area contributed by atoms with Gasteiger partial charge in [0.25, 0.3) is 5.91 Å². The van der Waals surface area contributed by atoms with E-state index in [0.717, 1.165) is 9.80 Å². The van der Waals surface area contributed by atoms with E-state index in [1.807, 2.05) is 0 Å². The van der Waals surface area contributed by atoms with Crippen LogP contribution in [0.5, 0.6) is 0 Å². The van der Waals surface area contributed by atoms with Crippen LogP contribution in [0.25, 0.3) is 0 Å². The Morgan fingerprint density at radius 3 is 1.89 bits per heavy atom. The van der Waals surface area contributed by atoms with Crippen LogP contribution in [0, 0.1) is 29.1 Å². The number of urea groups is 1. The number of rotatable bonds is 3. The minimum absolute atomic E-state index is 0.154. The van der Waals surface area contributed by atoms with Crippen molar-refractivity contribution in [3.63, 3.8) is 0 Å². The van der Waals surface area contributed by atoms with E-state index in [1.165, 1.54) is 31.2 Å². The van der Waals surface area contributed by atoms with Gasteiger partial charge in [0.1, 0.15) is 6.04 Å². The lowest BCUT2D eigenvalue weighted by Gasteiger charge is -2.20. The monoisotopic (exact) mass is 404 g/mol. The topological polar surface area (TPSA) is 40.6 Å². The van der Waals surface area contributed by atoms with E-state index < -0.39 is 59.2 Å². The highest BCUT2D eigenvalue weighted by atomic mass is 35.5. The molecule has 3 rings (SSSR count). The Balaban J connectivity index is 1.98. The summed E-state index contributed by atoms with van der Waals surface area (Å²) in [4.78, 5) is 26.4. The highest BCUT2D eigenvalue weighted by Gasteiger charge is 2.44. The Morgan fingerprint density at radius 1 is 0.889 bits per heavy atom. The van der Waals surface area contributed by atoms with Crippen molar-refractivity contribution < 1.29 is 31.5 Å². The summed E-state index contributed by atoms with van der Waals surface area (Å²) in [5, 5.41) is 0.351. The fourth-order valence-electron chi connectivity index (χ4n) is 2.70. The van der Waals surface area contributed by atoms with E-state index >= 15 is 0 Å². The Labute approximate surface area is 154 Å². The van der Waals surface area contributed by atoms with Crippen molar-refractivity contribution in [3.8, 4) is 0 Å². The van der Waals surface area contributed by atoms with Crippen molar-refractivity contribution in [2.75, 3.05) is 4.90 Å². The van der Waals surface area contributed by atoms with Gasteiger partial charge in [-0.1, -0.05) is 11.6 Å². The average Bonchev–Trinajstić information content (AvgIpc) is 2.86. The first-order valence-electron chi connectivity index (χ1n) is 7.55.